The van der Waals surface area contributed by atoms with Gasteiger partial charge in [-0.05, 0) is 51.3 Å². The third kappa shape index (κ3) is 6.38. The summed E-state index contributed by atoms with van der Waals surface area (Å²) in [6.45, 7) is 10.9. The molecule has 2 atom stereocenters. The molecule has 3 fully saturated rings. The van der Waals surface area contributed by atoms with Crippen molar-refractivity contribution in [3.63, 3.8) is 0 Å². The smallest absolute Gasteiger partial charge is 0.410 e. The SMILES string of the molecule is CC(C)(C)OC(=O)N1CC2CCC(C1)N2c1cccc(CN2CCN(C(=O)OCc3ccccc3)CC2)n1. The molecule has 2 amide bonds. The van der Waals surface area contributed by atoms with Crippen molar-refractivity contribution >= 4 is 18.0 Å². The van der Waals surface area contributed by atoms with E-state index < -0.39 is 5.60 Å². The Kier molecular flexibility index (Phi) is 7.74. The van der Waals surface area contributed by atoms with Crippen molar-refractivity contribution in [3.8, 4) is 0 Å². The van der Waals surface area contributed by atoms with Crippen LogP contribution in [0.4, 0.5) is 15.4 Å². The van der Waals surface area contributed by atoms with Crippen molar-refractivity contribution in [1.29, 1.82) is 0 Å². The number of carbonyl (C=O) groups excluding carboxylic acids is 2. The van der Waals surface area contributed by atoms with Gasteiger partial charge >= 0.3 is 12.2 Å². The predicted octanol–water partition coefficient (Wildman–Crippen LogP) is 4.12. The van der Waals surface area contributed by atoms with Crippen molar-refractivity contribution in [2.75, 3.05) is 44.2 Å². The van der Waals surface area contributed by atoms with Crippen LogP contribution in [0, 0.1) is 0 Å². The van der Waals surface area contributed by atoms with Gasteiger partial charge in [-0.15, -0.1) is 0 Å². The molecule has 9 nitrogen and oxygen atoms in total. The van der Waals surface area contributed by atoms with Crippen molar-refractivity contribution in [2.45, 2.75) is 64.4 Å². The highest BCUT2D eigenvalue weighted by Gasteiger charge is 2.43. The van der Waals surface area contributed by atoms with Crippen molar-refractivity contribution in [2.24, 2.45) is 0 Å². The zero-order valence-corrected chi connectivity index (χ0v) is 22.7. The Bertz CT molecular complexity index is 1100. The summed E-state index contributed by atoms with van der Waals surface area (Å²) in [4.78, 5) is 38.5. The lowest BCUT2D eigenvalue weighted by atomic mass is 10.1. The maximum absolute atomic E-state index is 12.6. The monoisotopic (exact) mass is 521 g/mol. The molecule has 0 aliphatic carbocycles. The number of nitrogens with zero attached hydrogens (tertiary/aromatic N) is 5. The number of piperazine rings is 2. The summed E-state index contributed by atoms with van der Waals surface area (Å²) in [5.41, 5.74) is 1.53. The highest BCUT2D eigenvalue weighted by Crippen LogP contribution is 2.34. The number of carbonyl (C=O) groups is 2. The number of rotatable bonds is 5. The molecule has 0 radical (unpaired) electrons. The van der Waals surface area contributed by atoms with E-state index in [1.165, 1.54) is 0 Å². The maximum atomic E-state index is 12.6. The normalized spacial score (nSPS) is 21.9. The average molecular weight is 522 g/mol. The molecule has 3 saturated heterocycles. The second-order valence-electron chi connectivity index (χ2n) is 11.5. The lowest BCUT2D eigenvalue weighted by molar-refractivity contribution is 0.0209. The maximum Gasteiger partial charge on any atom is 0.410 e. The van der Waals surface area contributed by atoms with Crippen LogP contribution in [0.1, 0.15) is 44.9 Å². The number of ether oxygens (including phenoxy) is 2. The van der Waals surface area contributed by atoms with E-state index in [9.17, 15) is 9.59 Å². The van der Waals surface area contributed by atoms with Crippen LogP contribution in [-0.4, -0.2) is 88.8 Å². The average Bonchev–Trinajstić information content (AvgIpc) is 3.16. The van der Waals surface area contributed by atoms with Gasteiger partial charge in [-0.3, -0.25) is 4.90 Å². The Morgan fingerprint density at radius 1 is 0.868 bits per heavy atom. The molecule has 1 aromatic carbocycles. The van der Waals surface area contributed by atoms with E-state index in [0.717, 1.165) is 49.6 Å². The van der Waals surface area contributed by atoms with E-state index in [1.54, 1.807) is 4.90 Å². The summed E-state index contributed by atoms with van der Waals surface area (Å²) in [7, 11) is 0. The number of benzene rings is 1. The van der Waals surface area contributed by atoms with Crippen LogP contribution in [0.15, 0.2) is 48.5 Å². The Morgan fingerprint density at radius 2 is 1.55 bits per heavy atom. The molecule has 9 heteroatoms. The fourth-order valence-corrected chi connectivity index (χ4v) is 5.58. The van der Waals surface area contributed by atoms with Gasteiger partial charge in [-0.2, -0.15) is 0 Å². The van der Waals surface area contributed by atoms with Gasteiger partial charge in [0.05, 0.1) is 5.69 Å². The number of anilines is 1. The largest absolute Gasteiger partial charge is 0.445 e. The summed E-state index contributed by atoms with van der Waals surface area (Å²) in [6.07, 6.45) is 1.63. The molecule has 3 aliphatic heterocycles. The highest BCUT2D eigenvalue weighted by molar-refractivity contribution is 5.69. The quantitative estimate of drug-likeness (QED) is 0.586. The fourth-order valence-electron chi connectivity index (χ4n) is 5.58. The number of aromatic nitrogens is 1. The summed E-state index contributed by atoms with van der Waals surface area (Å²) >= 11 is 0. The molecule has 204 valence electrons. The van der Waals surface area contributed by atoms with Gasteiger partial charge in [-0.25, -0.2) is 14.6 Å². The van der Waals surface area contributed by atoms with E-state index in [1.807, 2.05) is 56.0 Å². The van der Waals surface area contributed by atoms with Crippen molar-refractivity contribution < 1.29 is 19.1 Å². The van der Waals surface area contributed by atoms with Crippen molar-refractivity contribution in [1.82, 2.24) is 19.7 Å². The van der Waals surface area contributed by atoms with Gasteiger partial charge in [0.1, 0.15) is 18.0 Å². The molecule has 5 rings (SSSR count). The third-order valence-electron chi connectivity index (χ3n) is 7.41. The molecule has 1 aromatic heterocycles. The van der Waals surface area contributed by atoms with E-state index in [-0.39, 0.29) is 24.3 Å². The minimum Gasteiger partial charge on any atom is -0.445 e. The molecule has 0 N–H and O–H groups in total. The minimum absolute atomic E-state index is 0.223. The summed E-state index contributed by atoms with van der Waals surface area (Å²) < 4.78 is 11.1. The molecule has 0 saturated carbocycles. The molecular formula is C29H39N5O4. The topological polar surface area (TPSA) is 78.5 Å². The van der Waals surface area contributed by atoms with Crippen LogP contribution in [0.3, 0.4) is 0 Å². The lowest BCUT2D eigenvalue weighted by Gasteiger charge is -2.42. The van der Waals surface area contributed by atoms with Gasteiger partial charge in [-0.1, -0.05) is 36.4 Å². The van der Waals surface area contributed by atoms with Gasteiger partial charge in [0.25, 0.3) is 0 Å². The lowest BCUT2D eigenvalue weighted by Crippen LogP contribution is -2.56. The van der Waals surface area contributed by atoms with E-state index >= 15 is 0 Å². The number of likely N-dealkylation sites (tertiary alicyclic amines) is 1. The number of pyridine rings is 1. The molecule has 2 bridgehead atoms. The number of fused-ring (bicyclic) bond motifs is 2. The Balaban J connectivity index is 1.12. The van der Waals surface area contributed by atoms with Gasteiger partial charge in [0.15, 0.2) is 0 Å². The zero-order valence-electron chi connectivity index (χ0n) is 22.7. The summed E-state index contributed by atoms with van der Waals surface area (Å²) in [5.74, 6) is 0.988. The molecular weight excluding hydrogens is 482 g/mol. The molecule has 3 aliphatic rings. The van der Waals surface area contributed by atoms with Gasteiger partial charge in [0.2, 0.25) is 0 Å². The summed E-state index contributed by atoms with van der Waals surface area (Å²) in [6, 6.07) is 16.5. The number of hydrogen-bond acceptors (Lipinski definition) is 7. The number of amides is 2. The highest BCUT2D eigenvalue weighted by atomic mass is 16.6. The predicted molar refractivity (Wildman–Crippen MR) is 145 cm³/mol. The van der Waals surface area contributed by atoms with Crippen LogP contribution in [0.25, 0.3) is 0 Å². The van der Waals surface area contributed by atoms with E-state index in [0.29, 0.717) is 32.8 Å². The summed E-state index contributed by atoms with van der Waals surface area (Å²) in [5, 5.41) is 0. The second kappa shape index (κ2) is 11.2. The molecule has 38 heavy (non-hydrogen) atoms. The molecule has 4 heterocycles. The number of hydrogen-bond donors (Lipinski definition) is 0. The Hall–Kier alpha value is -3.33. The van der Waals surface area contributed by atoms with Crippen LogP contribution in [-0.2, 0) is 22.6 Å². The van der Waals surface area contributed by atoms with Gasteiger partial charge in [0, 0.05) is 57.9 Å². The Morgan fingerprint density at radius 3 is 2.21 bits per heavy atom. The van der Waals surface area contributed by atoms with E-state index in [4.69, 9.17) is 14.5 Å². The first-order valence-electron chi connectivity index (χ1n) is 13.7. The second-order valence-corrected chi connectivity index (χ2v) is 11.5. The van der Waals surface area contributed by atoms with Crippen LogP contribution in [0.2, 0.25) is 0 Å². The van der Waals surface area contributed by atoms with E-state index in [2.05, 4.69) is 28.0 Å². The minimum atomic E-state index is -0.489. The first kappa shape index (κ1) is 26.3. The zero-order chi connectivity index (χ0) is 26.7. The molecule has 2 aromatic rings. The standard InChI is InChI=1S/C29H39N5O4/c1-29(2,3)38-28(36)33-19-24-12-13-25(20-33)34(24)26-11-7-10-23(30-26)18-31-14-16-32(17-15-31)27(35)37-21-22-8-5-4-6-9-22/h4-11,24-25H,12-21H2,1-3H3. The first-order valence-corrected chi connectivity index (χ1v) is 13.7. The molecule has 2 unspecified atom stereocenters. The first-order chi connectivity index (χ1) is 18.2. The fraction of sp³-hybridized carbons (Fsp3) is 0.552. The Labute approximate surface area is 225 Å². The molecule has 0 spiro atoms. The van der Waals surface area contributed by atoms with Crippen LogP contribution < -0.4 is 4.90 Å². The van der Waals surface area contributed by atoms with Crippen LogP contribution >= 0.6 is 0 Å². The van der Waals surface area contributed by atoms with Crippen LogP contribution in [0.5, 0.6) is 0 Å². The van der Waals surface area contributed by atoms with Gasteiger partial charge < -0.3 is 24.2 Å². The third-order valence-corrected chi connectivity index (χ3v) is 7.41. The van der Waals surface area contributed by atoms with Crippen molar-refractivity contribution in [3.05, 3.63) is 59.8 Å².